The number of hydrogen-bond donors (Lipinski definition) is 2. The molecule has 2 rings (SSSR count). The normalized spacial score (nSPS) is 27.2. The fraction of sp³-hybridized carbons (Fsp3) is 0.889. The van der Waals surface area contributed by atoms with Gasteiger partial charge in [0.05, 0.1) is 18.6 Å². The van der Waals surface area contributed by atoms with E-state index in [0.29, 0.717) is 12.5 Å². The molecular formula is C18H32N2O3. The lowest BCUT2D eigenvalue weighted by Gasteiger charge is -2.29. The van der Waals surface area contributed by atoms with Gasteiger partial charge in [-0.05, 0) is 44.9 Å². The fourth-order valence-corrected chi connectivity index (χ4v) is 3.93. The number of carbonyl (C=O) groups excluding carboxylic acids is 2. The summed E-state index contributed by atoms with van der Waals surface area (Å²) in [4.78, 5) is 24.0. The minimum Gasteiger partial charge on any atom is -0.466 e. The largest absolute Gasteiger partial charge is 0.466 e. The van der Waals surface area contributed by atoms with Crippen LogP contribution >= 0.6 is 0 Å². The van der Waals surface area contributed by atoms with E-state index in [0.717, 1.165) is 32.1 Å². The Morgan fingerprint density at radius 1 is 1.09 bits per heavy atom. The third-order valence-corrected chi connectivity index (χ3v) is 5.34. The molecule has 0 spiro atoms. The highest BCUT2D eigenvalue weighted by Crippen LogP contribution is 2.28. The van der Waals surface area contributed by atoms with Gasteiger partial charge in [-0.25, -0.2) is 0 Å². The van der Waals surface area contributed by atoms with Crippen molar-refractivity contribution in [3.63, 3.8) is 0 Å². The second-order valence-electron chi connectivity index (χ2n) is 7.16. The Morgan fingerprint density at radius 2 is 1.74 bits per heavy atom. The zero-order valence-corrected chi connectivity index (χ0v) is 14.4. The molecule has 0 bridgehead atoms. The standard InChI is InChI=1S/C18H32N2O3/c1-2-23-18(22)14-8-10-15(11-9-14)20-17(21)16(19)12-13-6-4-3-5-7-13/h13-16H,2-12,19H2,1H3,(H,20,21). The van der Waals surface area contributed by atoms with Gasteiger partial charge in [0.1, 0.15) is 0 Å². The van der Waals surface area contributed by atoms with E-state index in [-0.39, 0.29) is 29.9 Å². The van der Waals surface area contributed by atoms with Gasteiger partial charge in [0.25, 0.3) is 0 Å². The molecule has 1 unspecified atom stereocenters. The van der Waals surface area contributed by atoms with Crippen LogP contribution in [-0.4, -0.2) is 30.6 Å². The average Bonchev–Trinajstić information content (AvgIpc) is 2.56. The van der Waals surface area contributed by atoms with Gasteiger partial charge in [-0.1, -0.05) is 32.1 Å². The second kappa shape index (κ2) is 9.26. The summed E-state index contributed by atoms with van der Waals surface area (Å²) < 4.78 is 5.07. The van der Waals surface area contributed by atoms with Crippen LogP contribution in [0.2, 0.25) is 0 Å². The summed E-state index contributed by atoms with van der Waals surface area (Å²) in [5.74, 6) is 0.504. The quantitative estimate of drug-likeness (QED) is 0.736. The van der Waals surface area contributed by atoms with Gasteiger partial charge in [0, 0.05) is 6.04 Å². The van der Waals surface area contributed by atoms with Crippen molar-refractivity contribution < 1.29 is 14.3 Å². The number of hydrogen-bond acceptors (Lipinski definition) is 4. The van der Waals surface area contributed by atoms with Crippen LogP contribution in [-0.2, 0) is 14.3 Å². The molecule has 23 heavy (non-hydrogen) atoms. The molecule has 0 aromatic rings. The van der Waals surface area contributed by atoms with E-state index in [2.05, 4.69) is 5.32 Å². The second-order valence-corrected chi connectivity index (χ2v) is 7.16. The van der Waals surface area contributed by atoms with Crippen LogP contribution in [0.5, 0.6) is 0 Å². The summed E-state index contributed by atoms with van der Waals surface area (Å²) in [6.07, 6.45) is 10.4. The highest BCUT2D eigenvalue weighted by Gasteiger charge is 2.29. The van der Waals surface area contributed by atoms with E-state index >= 15 is 0 Å². The molecule has 1 amide bonds. The summed E-state index contributed by atoms with van der Waals surface area (Å²) in [6, 6.07) is -0.230. The number of carbonyl (C=O) groups is 2. The molecule has 2 aliphatic carbocycles. The van der Waals surface area contributed by atoms with E-state index in [4.69, 9.17) is 10.5 Å². The summed E-state index contributed by atoms with van der Waals surface area (Å²) >= 11 is 0. The smallest absolute Gasteiger partial charge is 0.308 e. The molecule has 0 aromatic carbocycles. The molecule has 0 aliphatic heterocycles. The number of rotatable bonds is 6. The maximum Gasteiger partial charge on any atom is 0.308 e. The van der Waals surface area contributed by atoms with Crippen LogP contribution < -0.4 is 11.1 Å². The Kier molecular flexibility index (Phi) is 7.34. The maximum absolute atomic E-state index is 12.3. The van der Waals surface area contributed by atoms with Gasteiger partial charge >= 0.3 is 5.97 Å². The molecule has 0 saturated heterocycles. The van der Waals surface area contributed by atoms with E-state index in [1.165, 1.54) is 32.1 Å². The zero-order chi connectivity index (χ0) is 16.7. The van der Waals surface area contributed by atoms with Crippen molar-refractivity contribution in [2.45, 2.75) is 83.2 Å². The lowest BCUT2D eigenvalue weighted by molar-refractivity contribution is -0.149. The highest BCUT2D eigenvalue weighted by molar-refractivity contribution is 5.81. The predicted molar refractivity (Wildman–Crippen MR) is 89.7 cm³/mol. The molecule has 5 heteroatoms. The highest BCUT2D eigenvalue weighted by atomic mass is 16.5. The van der Waals surface area contributed by atoms with Crippen molar-refractivity contribution in [2.24, 2.45) is 17.6 Å². The Balaban J connectivity index is 1.68. The van der Waals surface area contributed by atoms with Crippen LogP contribution in [0, 0.1) is 11.8 Å². The first-order valence-corrected chi connectivity index (χ1v) is 9.32. The molecule has 5 nitrogen and oxygen atoms in total. The topological polar surface area (TPSA) is 81.4 Å². The third-order valence-electron chi connectivity index (χ3n) is 5.34. The average molecular weight is 324 g/mol. The minimum atomic E-state index is -0.388. The summed E-state index contributed by atoms with van der Waals surface area (Å²) in [5.41, 5.74) is 6.09. The summed E-state index contributed by atoms with van der Waals surface area (Å²) in [7, 11) is 0. The van der Waals surface area contributed by atoms with Crippen LogP contribution in [0.25, 0.3) is 0 Å². The minimum absolute atomic E-state index is 0.000913. The molecule has 2 fully saturated rings. The molecule has 2 saturated carbocycles. The van der Waals surface area contributed by atoms with Crippen LogP contribution in [0.1, 0.15) is 71.1 Å². The van der Waals surface area contributed by atoms with Gasteiger partial charge in [-0.2, -0.15) is 0 Å². The molecule has 0 heterocycles. The molecule has 132 valence electrons. The lowest BCUT2D eigenvalue weighted by atomic mass is 9.84. The molecule has 2 aliphatic rings. The first-order chi connectivity index (χ1) is 11.1. The number of esters is 1. The Morgan fingerprint density at radius 3 is 2.35 bits per heavy atom. The van der Waals surface area contributed by atoms with Crippen molar-refractivity contribution in [2.75, 3.05) is 6.61 Å². The number of nitrogens with one attached hydrogen (secondary N) is 1. The SMILES string of the molecule is CCOC(=O)C1CCC(NC(=O)C(N)CC2CCCCC2)CC1. The Bertz CT molecular complexity index is 386. The van der Waals surface area contributed by atoms with Gasteiger partial charge < -0.3 is 15.8 Å². The molecule has 3 N–H and O–H groups in total. The van der Waals surface area contributed by atoms with E-state index in [9.17, 15) is 9.59 Å². The van der Waals surface area contributed by atoms with Crippen LogP contribution in [0.3, 0.4) is 0 Å². The summed E-state index contributed by atoms with van der Waals surface area (Å²) in [6.45, 7) is 2.27. The zero-order valence-electron chi connectivity index (χ0n) is 14.4. The molecular weight excluding hydrogens is 292 g/mol. The Hall–Kier alpha value is -1.10. The number of nitrogens with two attached hydrogens (primary N) is 1. The monoisotopic (exact) mass is 324 g/mol. The van der Waals surface area contributed by atoms with Gasteiger partial charge in [0.15, 0.2) is 0 Å². The maximum atomic E-state index is 12.3. The lowest BCUT2D eigenvalue weighted by Crippen LogP contribution is -2.47. The van der Waals surface area contributed by atoms with Crippen molar-refractivity contribution in [1.82, 2.24) is 5.32 Å². The molecule has 0 radical (unpaired) electrons. The number of amides is 1. The first-order valence-electron chi connectivity index (χ1n) is 9.32. The van der Waals surface area contributed by atoms with Gasteiger partial charge in [0.2, 0.25) is 5.91 Å². The molecule has 0 aromatic heterocycles. The Labute approximate surface area is 139 Å². The third kappa shape index (κ3) is 5.79. The fourth-order valence-electron chi connectivity index (χ4n) is 3.93. The van der Waals surface area contributed by atoms with E-state index < -0.39 is 0 Å². The predicted octanol–water partition coefficient (Wildman–Crippen LogP) is 2.52. The van der Waals surface area contributed by atoms with E-state index in [1.54, 1.807) is 0 Å². The molecule has 1 atom stereocenters. The first kappa shape index (κ1) is 18.2. The van der Waals surface area contributed by atoms with Crippen LogP contribution in [0.4, 0.5) is 0 Å². The van der Waals surface area contributed by atoms with Crippen molar-refractivity contribution in [3.8, 4) is 0 Å². The van der Waals surface area contributed by atoms with Gasteiger partial charge in [-0.15, -0.1) is 0 Å². The summed E-state index contributed by atoms with van der Waals surface area (Å²) in [5, 5.41) is 3.08. The van der Waals surface area contributed by atoms with E-state index in [1.807, 2.05) is 6.92 Å². The van der Waals surface area contributed by atoms with Crippen molar-refractivity contribution in [3.05, 3.63) is 0 Å². The van der Waals surface area contributed by atoms with Crippen molar-refractivity contribution in [1.29, 1.82) is 0 Å². The van der Waals surface area contributed by atoms with Crippen molar-refractivity contribution >= 4 is 11.9 Å². The van der Waals surface area contributed by atoms with Crippen LogP contribution in [0.15, 0.2) is 0 Å². The van der Waals surface area contributed by atoms with Gasteiger partial charge in [-0.3, -0.25) is 9.59 Å². The number of ether oxygens (including phenoxy) is 1.